The van der Waals surface area contributed by atoms with E-state index in [0.717, 1.165) is 41.9 Å². The van der Waals surface area contributed by atoms with Crippen LogP contribution in [0.1, 0.15) is 70.9 Å². The Morgan fingerprint density at radius 3 is 3.07 bits per heavy atom. The molecule has 1 atom stereocenters. The summed E-state index contributed by atoms with van der Waals surface area (Å²) in [5.41, 5.74) is 4.87. The summed E-state index contributed by atoms with van der Waals surface area (Å²) in [6, 6.07) is 5.73. The maximum atomic E-state index is 13.4. The van der Waals surface area contributed by atoms with Gasteiger partial charge in [0.15, 0.2) is 0 Å². The molecule has 1 N–H and O–H groups in total. The molecule has 1 saturated carbocycles. The van der Waals surface area contributed by atoms with Crippen molar-refractivity contribution in [2.45, 2.75) is 44.6 Å². The second-order valence-electron chi connectivity index (χ2n) is 7.92. The Bertz CT molecular complexity index is 1250. The normalized spacial score (nSPS) is 18.7. The van der Waals surface area contributed by atoms with E-state index in [9.17, 15) is 4.79 Å². The number of amides is 1. The topological polar surface area (TPSA) is 105 Å². The van der Waals surface area contributed by atoms with Gasteiger partial charge >= 0.3 is 11.8 Å². The zero-order chi connectivity index (χ0) is 20.2. The Balaban J connectivity index is 1.44. The van der Waals surface area contributed by atoms with Crippen molar-refractivity contribution in [2.24, 2.45) is 0 Å². The quantitative estimate of drug-likeness (QED) is 0.562. The summed E-state index contributed by atoms with van der Waals surface area (Å²) in [4.78, 5) is 22.9. The summed E-state index contributed by atoms with van der Waals surface area (Å²) >= 11 is 0. The molecule has 6 rings (SSSR count). The molecule has 2 aliphatic rings. The van der Waals surface area contributed by atoms with Gasteiger partial charge in [-0.15, -0.1) is 10.2 Å². The second kappa shape index (κ2) is 6.51. The molecule has 9 heteroatoms. The summed E-state index contributed by atoms with van der Waals surface area (Å²) < 4.78 is 7.58. The Labute approximate surface area is 172 Å². The van der Waals surface area contributed by atoms with Crippen LogP contribution in [-0.2, 0) is 12.8 Å². The summed E-state index contributed by atoms with van der Waals surface area (Å²) in [5.74, 6) is 0.632. The molecule has 4 aromatic heterocycles. The number of nitrogens with zero attached hydrogens (tertiary/aromatic N) is 6. The summed E-state index contributed by atoms with van der Waals surface area (Å²) in [5, 5.41) is 12.9. The van der Waals surface area contributed by atoms with E-state index in [1.165, 1.54) is 5.56 Å². The van der Waals surface area contributed by atoms with Gasteiger partial charge in [0.2, 0.25) is 5.89 Å². The molecular formula is C21H21N7O2. The van der Waals surface area contributed by atoms with Gasteiger partial charge in [0, 0.05) is 30.8 Å². The first-order chi connectivity index (χ1) is 14.7. The Morgan fingerprint density at radius 1 is 1.33 bits per heavy atom. The molecule has 0 aromatic carbocycles. The first-order valence-electron chi connectivity index (χ1n) is 10.4. The Hall–Kier alpha value is -3.49. The highest BCUT2D eigenvalue weighted by molar-refractivity contribution is 5.90. The number of aromatic amines is 1. The van der Waals surface area contributed by atoms with Crippen molar-refractivity contribution in [3.63, 3.8) is 0 Å². The number of imidazole rings is 1. The fourth-order valence-corrected chi connectivity index (χ4v) is 4.26. The highest BCUT2D eigenvalue weighted by atomic mass is 16.4. The van der Waals surface area contributed by atoms with Gasteiger partial charge in [-0.1, -0.05) is 13.0 Å². The number of aryl methyl sites for hydroxylation is 1. The van der Waals surface area contributed by atoms with Crippen LogP contribution in [0, 0.1) is 0 Å². The number of fused-ring (bicyclic) bond motifs is 2. The van der Waals surface area contributed by atoms with Gasteiger partial charge in [-0.25, -0.2) is 9.50 Å². The molecule has 0 bridgehead atoms. The second-order valence-corrected chi connectivity index (χ2v) is 7.92. The zero-order valence-electron chi connectivity index (χ0n) is 16.6. The average Bonchev–Trinajstić information content (AvgIpc) is 3.19. The number of rotatable bonds is 4. The van der Waals surface area contributed by atoms with E-state index >= 15 is 0 Å². The molecule has 5 heterocycles. The lowest BCUT2D eigenvalue weighted by Crippen LogP contribution is -2.41. The number of carbonyl (C=O) groups is 1. The Kier molecular flexibility index (Phi) is 3.77. The van der Waals surface area contributed by atoms with Crippen molar-refractivity contribution in [2.75, 3.05) is 6.54 Å². The number of carbonyl (C=O) groups excluding carboxylic acids is 1. The molecule has 0 saturated heterocycles. The van der Waals surface area contributed by atoms with E-state index < -0.39 is 6.04 Å². The lowest BCUT2D eigenvalue weighted by Gasteiger charge is -2.32. The summed E-state index contributed by atoms with van der Waals surface area (Å²) in [6.45, 7) is 2.64. The molecule has 0 spiro atoms. The molecule has 1 aliphatic heterocycles. The molecule has 9 nitrogen and oxygen atoms in total. The van der Waals surface area contributed by atoms with Gasteiger partial charge in [0.1, 0.15) is 6.04 Å². The lowest BCUT2D eigenvalue weighted by molar-refractivity contribution is 0.0644. The zero-order valence-corrected chi connectivity index (χ0v) is 16.6. The third-order valence-corrected chi connectivity index (χ3v) is 6.01. The van der Waals surface area contributed by atoms with Gasteiger partial charge in [-0.2, -0.15) is 5.10 Å². The van der Waals surface area contributed by atoms with E-state index in [0.29, 0.717) is 24.8 Å². The largest absolute Gasteiger partial charge is 0.417 e. The Morgan fingerprint density at radius 2 is 2.23 bits per heavy atom. The highest BCUT2D eigenvalue weighted by Gasteiger charge is 2.39. The van der Waals surface area contributed by atoms with Gasteiger partial charge in [-0.3, -0.25) is 4.79 Å². The number of H-pyrrole nitrogens is 1. The molecule has 1 aliphatic carbocycles. The molecule has 0 radical (unpaired) electrons. The van der Waals surface area contributed by atoms with Crippen molar-refractivity contribution in [3.8, 4) is 0 Å². The van der Waals surface area contributed by atoms with Crippen molar-refractivity contribution >= 4 is 11.4 Å². The van der Waals surface area contributed by atoms with Crippen LogP contribution in [0.3, 0.4) is 0 Å². The van der Waals surface area contributed by atoms with Crippen LogP contribution in [-0.4, -0.2) is 47.1 Å². The van der Waals surface area contributed by atoms with E-state index in [4.69, 9.17) is 9.52 Å². The van der Waals surface area contributed by atoms with E-state index in [2.05, 4.69) is 39.2 Å². The fraction of sp³-hybridized carbons (Fsp3) is 0.381. The summed E-state index contributed by atoms with van der Waals surface area (Å²) in [7, 11) is 0. The number of pyridine rings is 1. The minimum atomic E-state index is -0.409. The number of aromatic nitrogens is 6. The third kappa shape index (κ3) is 2.65. The smallest absolute Gasteiger partial charge is 0.312 e. The van der Waals surface area contributed by atoms with Gasteiger partial charge in [0.05, 0.1) is 23.2 Å². The minimum Gasteiger partial charge on any atom is -0.417 e. The van der Waals surface area contributed by atoms with Crippen LogP contribution in [0.15, 0.2) is 35.1 Å². The van der Waals surface area contributed by atoms with Gasteiger partial charge in [-0.05, 0) is 37.0 Å². The van der Waals surface area contributed by atoms with Crippen molar-refractivity contribution in [3.05, 3.63) is 65.1 Å². The monoisotopic (exact) mass is 403 g/mol. The SMILES string of the molecule is CCc1cccn2nc([C@@H]3c4nc[nH]c4CCN3C(=O)c3nnc(C4CC4)o3)cc12. The van der Waals surface area contributed by atoms with Crippen LogP contribution in [0.2, 0.25) is 0 Å². The van der Waals surface area contributed by atoms with Crippen molar-refractivity contribution in [1.82, 2.24) is 34.7 Å². The molecule has 152 valence electrons. The first-order valence-corrected chi connectivity index (χ1v) is 10.4. The number of nitrogens with one attached hydrogen (secondary N) is 1. The van der Waals surface area contributed by atoms with Crippen LogP contribution < -0.4 is 0 Å². The van der Waals surface area contributed by atoms with Crippen LogP contribution >= 0.6 is 0 Å². The van der Waals surface area contributed by atoms with Gasteiger partial charge in [0.25, 0.3) is 0 Å². The third-order valence-electron chi connectivity index (χ3n) is 6.01. The van der Waals surface area contributed by atoms with Crippen LogP contribution in [0.4, 0.5) is 0 Å². The molecule has 4 aromatic rings. The van der Waals surface area contributed by atoms with Crippen LogP contribution in [0.5, 0.6) is 0 Å². The molecule has 1 fully saturated rings. The van der Waals surface area contributed by atoms with E-state index in [1.807, 2.05) is 16.8 Å². The highest BCUT2D eigenvalue weighted by Crippen LogP contribution is 2.39. The number of hydrogen-bond donors (Lipinski definition) is 1. The molecule has 30 heavy (non-hydrogen) atoms. The lowest BCUT2D eigenvalue weighted by atomic mass is 9.99. The average molecular weight is 403 g/mol. The van der Waals surface area contributed by atoms with Crippen LogP contribution in [0.25, 0.3) is 5.52 Å². The predicted octanol–water partition coefficient (Wildman–Crippen LogP) is 2.67. The van der Waals surface area contributed by atoms with Gasteiger partial charge < -0.3 is 14.3 Å². The molecular weight excluding hydrogens is 382 g/mol. The maximum Gasteiger partial charge on any atom is 0.312 e. The standard InChI is InChI=1S/C21H21N7O2/c1-2-12-4-3-8-28-16(12)10-15(26-28)18-17-14(22-11-23-17)7-9-27(18)21(29)20-25-24-19(30-20)13-5-6-13/h3-4,8,10-11,13,18H,2,5-7,9H2,1H3,(H,22,23)/t18-/m1/s1. The van der Waals surface area contributed by atoms with Crippen molar-refractivity contribution < 1.29 is 9.21 Å². The van der Waals surface area contributed by atoms with E-state index in [1.54, 1.807) is 11.2 Å². The first kappa shape index (κ1) is 17.4. The predicted molar refractivity (Wildman–Crippen MR) is 106 cm³/mol. The minimum absolute atomic E-state index is 0.0406. The van der Waals surface area contributed by atoms with Crippen molar-refractivity contribution in [1.29, 1.82) is 0 Å². The molecule has 0 unspecified atom stereocenters. The molecule has 1 amide bonds. The fourth-order valence-electron chi connectivity index (χ4n) is 4.26. The summed E-state index contributed by atoms with van der Waals surface area (Å²) in [6.07, 6.45) is 7.28. The van der Waals surface area contributed by atoms with E-state index in [-0.39, 0.29) is 11.8 Å². The maximum absolute atomic E-state index is 13.4. The number of hydrogen-bond acceptors (Lipinski definition) is 6.